The molecule has 0 bridgehead atoms. The van der Waals surface area contributed by atoms with E-state index in [9.17, 15) is 14.9 Å². The third-order valence-electron chi connectivity index (χ3n) is 2.38. The molecule has 2 aromatic rings. The highest BCUT2D eigenvalue weighted by Gasteiger charge is 2.21. The van der Waals surface area contributed by atoms with Crippen LogP contribution in [-0.2, 0) is 0 Å². The first-order valence-corrected chi connectivity index (χ1v) is 4.99. The van der Waals surface area contributed by atoms with Crippen molar-refractivity contribution >= 4 is 34.0 Å². The minimum Gasteiger partial charge on any atom is -0.478 e. The minimum absolute atomic E-state index is 0.0452. The summed E-state index contributed by atoms with van der Waals surface area (Å²) >= 11 is 5.74. The fraction of sp³-hybridized carbons (Fsp3) is 0. The second-order valence-corrected chi connectivity index (χ2v) is 3.77. The molecule has 0 aromatic heterocycles. The second kappa shape index (κ2) is 4.03. The van der Waals surface area contributed by atoms with Crippen molar-refractivity contribution < 1.29 is 14.8 Å². The molecule has 1 N–H and O–H groups in total. The molecular weight excluding hydrogens is 246 g/mol. The number of nitrogens with zero attached hydrogens (tertiary/aromatic N) is 1. The highest BCUT2D eigenvalue weighted by Crippen LogP contribution is 2.35. The van der Waals surface area contributed by atoms with Crippen LogP contribution in [0.25, 0.3) is 10.8 Å². The van der Waals surface area contributed by atoms with E-state index in [2.05, 4.69) is 0 Å². The Bertz CT molecular complexity index is 639. The number of rotatable bonds is 2. The predicted molar refractivity (Wildman–Crippen MR) is 62.6 cm³/mol. The lowest BCUT2D eigenvalue weighted by Crippen LogP contribution is -2.00. The summed E-state index contributed by atoms with van der Waals surface area (Å²) in [5, 5.41) is 20.3. The number of fused-ring (bicyclic) bond motifs is 1. The normalized spacial score (nSPS) is 10.4. The van der Waals surface area contributed by atoms with Crippen LogP contribution >= 0.6 is 11.6 Å². The van der Waals surface area contributed by atoms with Gasteiger partial charge in [-0.15, -0.1) is 0 Å². The van der Waals surface area contributed by atoms with Gasteiger partial charge in [0.25, 0.3) is 5.69 Å². The molecule has 2 rings (SSSR count). The van der Waals surface area contributed by atoms with E-state index in [-0.39, 0.29) is 21.7 Å². The van der Waals surface area contributed by atoms with Gasteiger partial charge in [0.15, 0.2) is 0 Å². The van der Waals surface area contributed by atoms with Crippen molar-refractivity contribution in [2.45, 2.75) is 0 Å². The molecule has 2 aromatic carbocycles. The number of halogens is 1. The third-order valence-corrected chi connectivity index (χ3v) is 2.67. The van der Waals surface area contributed by atoms with Crippen LogP contribution < -0.4 is 0 Å². The van der Waals surface area contributed by atoms with E-state index < -0.39 is 10.9 Å². The first-order chi connectivity index (χ1) is 8.02. The molecule has 0 fully saturated rings. The number of nitro groups is 1. The molecule has 0 aliphatic heterocycles. The molecule has 17 heavy (non-hydrogen) atoms. The minimum atomic E-state index is -1.17. The lowest BCUT2D eigenvalue weighted by atomic mass is 10.0. The van der Waals surface area contributed by atoms with Crippen molar-refractivity contribution in [1.29, 1.82) is 0 Å². The molecule has 0 saturated heterocycles. The topological polar surface area (TPSA) is 80.4 Å². The quantitative estimate of drug-likeness (QED) is 0.657. The molecule has 0 saturated carbocycles. The van der Waals surface area contributed by atoms with Crippen molar-refractivity contribution in [3.8, 4) is 0 Å². The first-order valence-electron chi connectivity index (χ1n) is 4.61. The van der Waals surface area contributed by atoms with Gasteiger partial charge in [0.2, 0.25) is 0 Å². The average Bonchev–Trinajstić information content (AvgIpc) is 2.27. The Hall–Kier alpha value is -2.14. The Balaban J connectivity index is 2.97. The fourth-order valence-corrected chi connectivity index (χ4v) is 1.97. The van der Waals surface area contributed by atoms with Crippen LogP contribution in [0.4, 0.5) is 5.69 Å². The van der Waals surface area contributed by atoms with E-state index in [1.54, 1.807) is 12.1 Å². The van der Waals surface area contributed by atoms with Crippen molar-refractivity contribution in [2.24, 2.45) is 0 Å². The van der Waals surface area contributed by atoms with E-state index in [1.807, 2.05) is 0 Å². The summed E-state index contributed by atoms with van der Waals surface area (Å²) in [5.74, 6) is -1.17. The number of carboxylic acids is 1. The van der Waals surface area contributed by atoms with Crippen molar-refractivity contribution in [3.63, 3.8) is 0 Å². The van der Waals surface area contributed by atoms with Crippen LogP contribution in [0.2, 0.25) is 5.02 Å². The zero-order valence-corrected chi connectivity index (χ0v) is 9.14. The Morgan fingerprint density at radius 1 is 1.29 bits per heavy atom. The highest BCUT2D eigenvalue weighted by atomic mass is 35.5. The van der Waals surface area contributed by atoms with Crippen LogP contribution in [-0.4, -0.2) is 16.0 Å². The molecule has 0 unspecified atom stereocenters. The maximum atomic E-state index is 11.0. The Kier molecular flexibility index (Phi) is 2.69. The van der Waals surface area contributed by atoms with E-state index in [1.165, 1.54) is 12.1 Å². The number of benzene rings is 2. The van der Waals surface area contributed by atoms with Crippen LogP contribution in [0, 0.1) is 10.1 Å². The van der Waals surface area contributed by atoms with E-state index in [0.717, 1.165) is 6.07 Å². The van der Waals surface area contributed by atoms with Gasteiger partial charge in [0, 0.05) is 5.39 Å². The van der Waals surface area contributed by atoms with Crippen molar-refractivity contribution in [2.75, 3.05) is 0 Å². The summed E-state index contributed by atoms with van der Waals surface area (Å²) in [6.07, 6.45) is 0. The third kappa shape index (κ3) is 1.81. The summed E-state index contributed by atoms with van der Waals surface area (Å²) in [7, 11) is 0. The Labute approximate surface area is 100 Å². The smallest absolute Gasteiger partial charge is 0.336 e. The maximum Gasteiger partial charge on any atom is 0.336 e. The predicted octanol–water partition coefficient (Wildman–Crippen LogP) is 3.10. The first kappa shape index (κ1) is 11.3. The van der Waals surface area contributed by atoms with Crippen LogP contribution in [0.1, 0.15) is 10.4 Å². The summed E-state index contributed by atoms with van der Waals surface area (Å²) in [4.78, 5) is 21.3. The number of hydrogen-bond acceptors (Lipinski definition) is 3. The molecule has 0 amide bonds. The van der Waals surface area contributed by atoms with Gasteiger partial charge in [-0.25, -0.2) is 4.79 Å². The Morgan fingerprint density at radius 3 is 2.41 bits per heavy atom. The zero-order valence-electron chi connectivity index (χ0n) is 8.38. The Morgan fingerprint density at radius 2 is 1.88 bits per heavy atom. The monoisotopic (exact) mass is 251 g/mol. The number of nitro benzene ring substituents is 1. The molecule has 6 heteroatoms. The number of hydrogen-bond donors (Lipinski definition) is 1. The lowest BCUT2D eigenvalue weighted by molar-refractivity contribution is -0.382. The number of aromatic carboxylic acids is 1. The van der Waals surface area contributed by atoms with E-state index >= 15 is 0 Å². The fourth-order valence-electron chi connectivity index (χ4n) is 1.69. The lowest BCUT2D eigenvalue weighted by Gasteiger charge is -2.05. The SMILES string of the molecule is O=C(O)c1cc(Cl)c([N+](=O)[O-])c2ccccc12. The highest BCUT2D eigenvalue weighted by molar-refractivity contribution is 6.35. The molecule has 5 nitrogen and oxygen atoms in total. The van der Waals surface area contributed by atoms with Gasteiger partial charge in [-0.1, -0.05) is 29.8 Å². The van der Waals surface area contributed by atoms with Gasteiger partial charge < -0.3 is 5.11 Å². The summed E-state index contributed by atoms with van der Waals surface area (Å²) in [6, 6.07) is 7.31. The summed E-state index contributed by atoms with van der Waals surface area (Å²) < 4.78 is 0. The van der Waals surface area contributed by atoms with Gasteiger partial charge in [-0.2, -0.15) is 0 Å². The van der Waals surface area contributed by atoms with Crippen molar-refractivity contribution in [3.05, 3.63) is 51.0 Å². The van der Waals surface area contributed by atoms with Gasteiger partial charge in [-0.3, -0.25) is 10.1 Å². The molecule has 0 heterocycles. The van der Waals surface area contributed by atoms with E-state index in [0.29, 0.717) is 5.39 Å². The van der Waals surface area contributed by atoms with Crippen molar-refractivity contribution in [1.82, 2.24) is 0 Å². The molecule has 0 atom stereocenters. The maximum absolute atomic E-state index is 11.0. The molecular formula is C11H6ClNO4. The second-order valence-electron chi connectivity index (χ2n) is 3.36. The standard InChI is InChI=1S/C11H6ClNO4/c12-9-5-8(11(14)15)6-3-1-2-4-7(6)10(9)13(16)17/h1-5H,(H,14,15). The molecule has 0 radical (unpaired) electrons. The molecule has 0 spiro atoms. The van der Waals surface area contributed by atoms with Crippen LogP contribution in [0.15, 0.2) is 30.3 Å². The zero-order chi connectivity index (χ0) is 12.6. The molecule has 0 aliphatic rings. The van der Waals surface area contributed by atoms with Gasteiger partial charge in [-0.05, 0) is 12.1 Å². The average molecular weight is 252 g/mol. The van der Waals surface area contributed by atoms with Gasteiger partial charge >= 0.3 is 5.97 Å². The molecule has 86 valence electrons. The van der Waals surface area contributed by atoms with E-state index in [4.69, 9.17) is 16.7 Å². The summed E-state index contributed by atoms with van der Waals surface area (Å²) in [5.41, 5.74) is -0.316. The van der Waals surface area contributed by atoms with Crippen LogP contribution in [0.5, 0.6) is 0 Å². The van der Waals surface area contributed by atoms with Crippen LogP contribution in [0.3, 0.4) is 0 Å². The van der Waals surface area contributed by atoms with Gasteiger partial charge in [0.05, 0.1) is 15.9 Å². The molecule has 0 aliphatic carbocycles. The summed E-state index contributed by atoms with van der Waals surface area (Å²) in [6.45, 7) is 0. The largest absolute Gasteiger partial charge is 0.478 e. The number of carbonyl (C=O) groups is 1. The van der Waals surface area contributed by atoms with Gasteiger partial charge in [0.1, 0.15) is 5.02 Å². The number of carboxylic acid groups (broad SMARTS) is 1.